The lowest BCUT2D eigenvalue weighted by Crippen LogP contribution is -2.39. The van der Waals surface area contributed by atoms with Crippen LogP contribution in [0.3, 0.4) is 0 Å². The molecule has 0 saturated carbocycles. The summed E-state index contributed by atoms with van der Waals surface area (Å²) in [5.74, 6) is 0.423. The zero-order valence-electron chi connectivity index (χ0n) is 16.8. The first-order valence-corrected chi connectivity index (χ1v) is 10.6. The van der Waals surface area contributed by atoms with E-state index in [4.69, 9.17) is 5.73 Å². The van der Waals surface area contributed by atoms with Crippen molar-refractivity contribution in [2.24, 2.45) is 11.7 Å². The molecule has 0 spiro atoms. The Hall–Kier alpha value is 0.210. The standard InChI is InChI=1S/C21H45NO.ClH/c1-4-6-7-8-9-10-11-12-13-14-15-16-17-18-20(23)21(22)19(3)5-2;/h19-21,23H,4-18,22H2,1-3H3;1H/t19-,20+,21-;/m0./s1. The van der Waals surface area contributed by atoms with Gasteiger partial charge in [0.15, 0.2) is 0 Å². The van der Waals surface area contributed by atoms with Crippen LogP contribution in [0.15, 0.2) is 0 Å². The summed E-state index contributed by atoms with van der Waals surface area (Å²) in [7, 11) is 0. The van der Waals surface area contributed by atoms with Gasteiger partial charge in [0, 0.05) is 6.04 Å². The maximum absolute atomic E-state index is 10.1. The summed E-state index contributed by atoms with van der Waals surface area (Å²) in [5.41, 5.74) is 6.07. The third-order valence-corrected chi connectivity index (χ3v) is 5.35. The van der Waals surface area contributed by atoms with Crippen molar-refractivity contribution in [3.05, 3.63) is 0 Å². The Kier molecular flexibility index (Phi) is 21.5. The number of aliphatic hydroxyl groups excluding tert-OH is 1. The summed E-state index contributed by atoms with van der Waals surface area (Å²) < 4.78 is 0. The van der Waals surface area contributed by atoms with Crippen molar-refractivity contribution >= 4 is 12.4 Å². The average molecular weight is 364 g/mol. The van der Waals surface area contributed by atoms with E-state index in [1.54, 1.807) is 0 Å². The molecule has 0 heterocycles. The molecule has 0 radical (unpaired) electrons. The van der Waals surface area contributed by atoms with Gasteiger partial charge in [-0.2, -0.15) is 0 Å². The maximum Gasteiger partial charge on any atom is 0.0693 e. The molecule has 3 heteroatoms. The second-order valence-electron chi connectivity index (χ2n) is 7.56. The maximum atomic E-state index is 10.1. The van der Waals surface area contributed by atoms with Gasteiger partial charge in [0.2, 0.25) is 0 Å². The van der Waals surface area contributed by atoms with Crippen LogP contribution in [0, 0.1) is 5.92 Å². The lowest BCUT2D eigenvalue weighted by molar-refractivity contribution is 0.108. The first-order valence-electron chi connectivity index (χ1n) is 10.6. The van der Waals surface area contributed by atoms with Crippen LogP contribution in [0.2, 0.25) is 0 Å². The van der Waals surface area contributed by atoms with Crippen molar-refractivity contribution in [2.75, 3.05) is 0 Å². The smallest absolute Gasteiger partial charge is 0.0693 e. The van der Waals surface area contributed by atoms with Crippen LogP contribution < -0.4 is 5.73 Å². The molecule has 0 saturated heterocycles. The highest BCUT2D eigenvalue weighted by Gasteiger charge is 2.19. The highest BCUT2D eigenvalue weighted by atomic mass is 35.5. The van der Waals surface area contributed by atoms with Crippen LogP contribution in [0.5, 0.6) is 0 Å². The number of unbranched alkanes of at least 4 members (excludes halogenated alkanes) is 12. The molecule has 0 aromatic heterocycles. The molecule has 0 aromatic rings. The third kappa shape index (κ3) is 15.7. The van der Waals surface area contributed by atoms with E-state index in [1.807, 2.05) is 0 Å². The Morgan fingerprint density at radius 2 is 1.08 bits per heavy atom. The van der Waals surface area contributed by atoms with Crippen LogP contribution in [0.4, 0.5) is 0 Å². The number of halogens is 1. The fourth-order valence-corrected chi connectivity index (χ4v) is 3.22. The Morgan fingerprint density at radius 3 is 1.46 bits per heavy atom. The van der Waals surface area contributed by atoms with Gasteiger partial charge in [-0.05, 0) is 12.3 Å². The zero-order chi connectivity index (χ0) is 17.3. The van der Waals surface area contributed by atoms with Gasteiger partial charge in [-0.1, -0.05) is 111 Å². The Labute approximate surface area is 158 Å². The molecular formula is C21H46ClNO. The summed E-state index contributed by atoms with van der Waals surface area (Å²) in [5, 5.41) is 10.1. The summed E-state index contributed by atoms with van der Waals surface area (Å²) in [6.07, 6.45) is 19.4. The molecular weight excluding hydrogens is 318 g/mol. The molecule has 0 aromatic carbocycles. The molecule has 3 N–H and O–H groups in total. The minimum absolute atomic E-state index is 0. The van der Waals surface area contributed by atoms with Crippen molar-refractivity contribution in [1.29, 1.82) is 0 Å². The zero-order valence-corrected chi connectivity index (χ0v) is 17.6. The van der Waals surface area contributed by atoms with E-state index >= 15 is 0 Å². The topological polar surface area (TPSA) is 46.2 Å². The van der Waals surface area contributed by atoms with Crippen LogP contribution in [-0.4, -0.2) is 17.3 Å². The second kappa shape index (κ2) is 19.5. The van der Waals surface area contributed by atoms with E-state index < -0.39 is 0 Å². The largest absolute Gasteiger partial charge is 0.392 e. The van der Waals surface area contributed by atoms with Crippen LogP contribution in [0.25, 0.3) is 0 Å². The van der Waals surface area contributed by atoms with Gasteiger partial charge in [0.25, 0.3) is 0 Å². The highest BCUT2D eigenvalue weighted by Crippen LogP contribution is 2.16. The van der Waals surface area contributed by atoms with Gasteiger partial charge in [-0.25, -0.2) is 0 Å². The van der Waals surface area contributed by atoms with Gasteiger partial charge in [0.05, 0.1) is 6.10 Å². The van der Waals surface area contributed by atoms with E-state index in [9.17, 15) is 5.11 Å². The van der Waals surface area contributed by atoms with Gasteiger partial charge < -0.3 is 10.8 Å². The van der Waals surface area contributed by atoms with E-state index in [0.29, 0.717) is 5.92 Å². The summed E-state index contributed by atoms with van der Waals surface area (Å²) in [6, 6.07) is -0.0441. The van der Waals surface area contributed by atoms with Crippen molar-refractivity contribution in [2.45, 2.75) is 129 Å². The Bertz CT molecular complexity index is 238. The first kappa shape index (κ1) is 26.4. The minimum atomic E-state index is -0.308. The van der Waals surface area contributed by atoms with Gasteiger partial charge >= 0.3 is 0 Å². The third-order valence-electron chi connectivity index (χ3n) is 5.35. The van der Waals surface area contributed by atoms with E-state index in [1.165, 1.54) is 77.0 Å². The summed E-state index contributed by atoms with van der Waals surface area (Å²) in [4.78, 5) is 0. The average Bonchev–Trinajstić information content (AvgIpc) is 2.57. The predicted molar refractivity (Wildman–Crippen MR) is 111 cm³/mol. The fourth-order valence-electron chi connectivity index (χ4n) is 3.22. The molecule has 2 nitrogen and oxygen atoms in total. The molecule has 3 atom stereocenters. The van der Waals surface area contributed by atoms with Crippen molar-refractivity contribution in [3.8, 4) is 0 Å². The molecule has 0 rings (SSSR count). The molecule has 148 valence electrons. The molecule has 0 fully saturated rings. The Balaban J connectivity index is 0. The van der Waals surface area contributed by atoms with E-state index in [-0.39, 0.29) is 24.6 Å². The molecule has 0 amide bonds. The van der Waals surface area contributed by atoms with Crippen molar-refractivity contribution < 1.29 is 5.11 Å². The normalized spacial score (nSPS) is 14.9. The second-order valence-corrected chi connectivity index (χ2v) is 7.56. The molecule has 0 aliphatic heterocycles. The predicted octanol–water partition coefficient (Wildman–Crippen LogP) is 6.62. The van der Waals surface area contributed by atoms with Crippen LogP contribution in [0.1, 0.15) is 117 Å². The number of rotatable bonds is 17. The molecule has 0 unspecified atom stereocenters. The lowest BCUT2D eigenvalue weighted by Gasteiger charge is -2.24. The van der Waals surface area contributed by atoms with Gasteiger partial charge in [-0.15, -0.1) is 12.4 Å². The number of hydrogen-bond donors (Lipinski definition) is 2. The van der Waals surface area contributed by atoms with Crippen molar-refractivity contribution in [3.63, 3.8) is 0 Å². The van der Waals surface area contributed by atoms with E-state index in [2.05, 4.69) is 20.8 Å². The molecule has 0 aliphatic rings. The minimum Gasteiger partial charge on any atom is -0.392 e. The molecule has 0 bridgehead atoms. The quantitative estimate of drug-likeness (QED) is 0.285. The van der Waals surface area contributed by atoms with Crippen molar-refractivity contribution in [1.82, 2.24) is 0 Å². The number of nitrogens with two attached hydrogens (primary N) is 1. The fraction of sp³-hybridized carbons (Fsp3) is 1.00. The number of aliphatic hydroxyl groups is 1. The van der Waals surface area contributed by atoms with Gasteiger partial charge in [0.1, 0.15) is 0 Å². The van der Waals surface area contributed by atoms with Crippen LogP contribution in [-0.2, 0) is 0 Å². The lowest BCUT2D eigenvalue weighted by atomic mass is 9.92. The van der Waals surface area contributed by atoms with Gasteiger partial charge in [-0.3, -0.25) is 0 Å². The summed E-state index contributed by atoms with van der Waals surface area (Å²) in [6.45, 7) is 6.56. The van der Waals surface area contributed by atoms with E-state index in [0.717, 1.165) is 19.3 Å². The molecule has 24 heavy (non-hydrogen) atoms. The molecule has 0 aliphatic carbocycles. The summed E-state index contributed by atoms with van der Waals surface area (Å²) >= 11 is 0. The highest BCUT2D eigenvalue weighted by molar-refractivity contribution is 5.85. The SMILES string of the molecule is CCCCCCCCCCCCCCC[C@@H](O)[C@@H](N)[C@@H](C)CC.Cl. The monoisotopic (exact) mass is 363 g/mol. The first-order chi connectivity index (χ1) is 11.1. The van der Waals surface area contributed by atoms with Crippen LogP contribution >= 0.6 is 12.4 Å². The Morgan fingerprint density at radius 1 is 0.708 bits per heavy atom. The number of hydrogen-bond acceptors (Lipinski definition) is 2.